The molecular weight excluding hydrogens is 220 g/mol. The molecule has 0 atom stereocenters. The molecule has 0 spiro atoms. The Morgan fingerprint density at radius 1 is 0.688 bits per heavy atom. The molecule has 0 aliphatic heterocycles. The molecule has 0 radical (unpaired) electrons. The van der Waals surface area contributed by atoms with E-state index >= 15 is 0 Å². The third kappa shape index (κ3) is 3.60. The van der Waals surface area contributed by atoms with Gasteiger partial charge in [0.2, 0.25) is 0 Å². The van der Waals surface area contributed by atoms with Gasteiger partial charge in [-0.25, -0.2) is 9.59 Å². The number of Topliss-reactive ketones (excluding diaryl/α,β-unsaturated/α-hetero) is 3. The fourth-order valence-corrected chi connectivity index (χ4v) is 0.682. The maximum atomic E-state index is 11.0. The van der Waals surface area contributed by atoms with Gasteiger partial charge in [0.15, 0.2) is 0 Å². The zero-order valence-electron chi connectivity index (χ0n) is 8.77. The fourth-order valence-electron chi connectivity index (χ4n) is 0.682. The molecule has 0 rings (SSSR count). The number of hydrogen-bond acceptors (Lipinski definition) is 7. The lowest BCUT2D eigenvalue weighted by Gasteiger charge is -1.99. The predicted octanol–water partition coefficient (Wildman–Crippen LogP) is -1.18. The van der Waals surface area contributed by atoms with Gasteiger partial charge in [-0.1, -0.05) is 0 Å². The summed E-state index contributed by atoms with van der Waals surface area (Å²) in [5.74, 6) is -8.05. The number of ketones is 3. The Hall–Kier alpha value is -2.05. The van der Waals surface area contributed by atoms with E-state index in [0.29, 0.717) is 0 Å². The van der Waals surface area contributed by atoms with Gasteiger partial charge < -0.3 is 9.47 Å². The fraction of sp³-hybridized carbons (Fsp3) is 0.444. The van der Waals surface area contributed by atoms with Crippen LogP contribution >= 0.6 is 0 Å². The van der Waals surface area contributed by atoms with Gasteiger partial charge in [-0.3, -0.25) is 14.4 Å². The van der Waals surface area contributed by atoms with Gasteiger partial charge >= 0.3 is 23.5 Å². The summed E-state index contributed by atoms with van der Waals surface area (Å²) in [5, 5.41) is 0. The van der Waals surface area contributed by atoms with Crippen molar-refractivity contribution >= 4 is 29.3 Å². The summed E-state index contributed by atoms with van der Waals surface area (Å²) in [6.45, 7) is 2.60. The average Bonchev–Trinajstić information content (AvgIpc) is 2.26. The molecule has 0 fully saturated rings. The first-order chi connectivity index (χ1) is 7.45. The van der Waals surface area contributed by atoms with Gasteiger partial charge in [-0.15, -0.1) is 0 Å². The minimum atomic E-state index is -1.75. The Kier molecular flexibility index (Phi) is 5.61. The molecule has 0 aromatic rings. The van der Waals surface area contributed by atoms with Crippen LogP contribution in [-0.4, -0.2) is 42.5 Å². The third-order valence-corrected chi connectivity index (χ3v) is 1.33. The van der Waals surface area contributed by atoms with Crippen molar-refractivity contribution in [3.05, 3.63) is 0 Å². The standard InChI is InChI=1S/C9H10O7/c1-3-15-8(13)6(11)5(10)7(12)9(14)16-4-2/h3-4H2,1-2H3. The zero-order chi connectivity index (χ0) is 12.7. The van der Waals surface area contributed by atoms with Crippen LogP contribution in [0.15, 0.2) is 0 Å². The van der Waals surface area contributed by atoms with Crippen LogP contribution in [0.5, 0.6) is 0 Å². The Labute approximate surface area is 90.7 Å². The molecule has 0 aliphatic rings. The Bertz CT molecular complexity index is 310. The lowest BCUT2D eigenvalue weighted by atomic mass is 10.2. The highest BCUT2D eigenvalue weighted by molar-refractivity contribution is 6.85. The van der Waals surface area contributed by atoms with Gasteiger partial charge in [-0.2, -0.15) is 0 Å². The Morgan fingerprint density at radius 2 is 1.00 bits per heavy atom. The molecule has 16 heavy (non-hydrogen) atoms. The summed E-state index contributed by atoms with van der Waals surface area (Å²) >= 11 is 0. The van der Waals surface area contributed by atoms with Gasteiger partial charge in [0.1, 0.15) is 0 Å². The highest BCUT2D eigenvalue weighted by Gasteiger charge is 2.35. The van der Waals surface area contributed by atoms with Crippen molar-refractivity contribution in [2.75, 3.05) is 13.2 Å². The molecule has 0 aliphatic carbocycles. The van der Waals surface area contributed by atoms with Gasteiger partial charge in [0.25, 0.3) is 5.78 Å². The van der Waals surface area contributed by atoms with E-state index in [4.69, 9.17) is 0 Å². The van der Waals surface area contributed by atoms with Crippen molar-refractivity contribution in [1.29, 1.82) is 0 Å². The van der Waals surface area contributed by atoms with Crippen LogP contribution in [-0.2, 0) is 33.4 Å². The Balaban J connectivity index is 4.56. The molecule has 0 bridgehead atoms. The summed E-state index contributed by atoms with van der Waals surface area (Å²) in [6.07, 6.45) is 0. The third-order valence-electron chi connectivity index (χ3n) is 1.33. The van der Waals surface area contributed by atoms with Crippen LogP contribution in [0.25, 0.3) is 0 Å². The maximum absolute atomic E-state index is 11.0. The molecule has 7 heteroatoms. The number of esters is 2. The molecule has 88 valence electrons. The van der Waals surface area contributed by atoms with Crippen LogP contribution in [0, 0.1) is 0 Å². The van der Waals surface area contributed by atoms with Crippen molar-refractivity contribution in [3.8, 4) is 0 Å². The zero-order valence-corrected chi connectivity index (χ0v) is 8.77. The van der Waals surface area contributed by atoms with Crippen LogP contribution in [0.2, 0.25) is 0 Å². The topological polar surface area (TPSA) is 104 Å². The number of carbonyl (C=O) groups is 5. The van der Waals surface area contributed by atoms with Crippen LogP contribution < -0.4 is 0 Å². The molecule has 0 heterocycles. The molecular formula is C9H10O7. The van der Waals surface area contributed by atoms with E-state index in [-0.39, 0.29) is 13.2 Å². The summed E-state index contributed by atoms with van der Waals surface area (Å²) in [7, 11) is 0. The molecule has 7 nitrogen and oxygen atoms in total. The number of rotatable bonds is 6. The smallest absolute Gasteiger partial charge is 0.383 e. The molecule has 0 N–H and O–H groups in total. The molecule has 0 saturated heterocycles. The van der Waals surface area contributed by atoms with Gasteiger partial charge in [-0.05, 0) is 13.8 Å². The number of ether oxygens (including phenoxy) is 2. The summed E-state index contributed by atoms with van der Waals surface area (Å²) in [6, 6.07) is 0. The van der Waals surface area contributed by atoms with E-state index in [1.807, 2.05) is 0 Å². The summed E-state index contributed by atoms with van der Waals surface area (Å²) < 4.78 is 8.40. The van der Waals surface area contributed by atoms with E-state index in [2.05, 4.69) is 9.47 Å². The first-order valence-electron chi connectivity index (χ1n) is 4.42. The lowest BCUT2D eigenvalue weighted by Crippen LogP contribution is -2.36. The SMILES string of the molecule is CCOC(=O)C(=O)C(=O)C(=O)C(=O)OCC. The van der Waals surface area contributed by atoms with E-state index in [9.17, 15) is 24.0 Å². The molecule has 0 aromatic heterocycles. The highest BCUT2D eigenvalue weighted by atomic mass is 16.5. The highest BCUT2D eigenvalue weighted by Crippen LogP contribution is 1.89. The number of carbonyl (C=O) groups excluding carboxylic acids is 5. The first kappa shape index (κ1) is 13.9. The quantitative estimate of drug-likeness (QED) is 0.321. The van der Waals surface area contributed by atoms with Crippen molar-refractivity contribution in [2.45, 2.75) is 13.8 Å². The second kappa shape index (κ2) is 6.44. The van der Waals surface area contributed by atoms with E-state index < -0.39 is 29.3 Å². The summed E-state index contributed by atoms with van der Waals surface area (Å²) in [5.41, 5.74) is 0. The molecule has 0 unspecified atom stereocenters. The monoisotopic (exact) mass is 230 g/mol. The summed E-state index contributed by atoms with van der Waals surface area (Å²) in [4.78, 5) is 54.4. The largest absolute Gasteiger partial charge is 0.460 e. The van der Waals surface area contributed by atoms with Crippen molar-refractivity contribution in [1.82, 2.24) is 0 Å². The normalized spacial score (nSPS) is 9.12. The lowest BCUT2D eigenvalue weighted by molar-refractivity contribution is -0.162. The minimum Gasteiger partial charge on any atom is -0.460 e. The second-order valence-corrected chi connectivity index (χ2v) is 2.43. The molecule has 0 saturated carbocycles. The van der Waals surface area contributed by atoms with Crippen LogP contribution in [0.3, 0.4) is 0 Å². The van der Waals surface area contributed by atoms with Gasteiger partial charge in [0, 0.05) is 0 Å². The van der Waals surface area contributed by atoms with E-state index in [1.165, 1.54) is 13.8 Å². The maximum Gasteiger partial charge on any atom is 0.383 e. The predicted molar refractivity (Wildman–Crippen MR) is 48.3 cm³/mol. The van der Waals surface area contributed by atoms with Crippen molar-refractivity contribution in [2.24, 2.45) is 0 Å². The van der Waals surface area contributed by atoms with Crippen molar-refractivity contribution in [3.63, 3.8) is 0 Å². The molecule has 0 amide bonds. The molecule has 0 aromatic carbocycles. The first-order valence-corrected chi connectivity index (χ1v) is 4.42. The minimum absolute atomic E-state index is 0.120. The van der Waals surface area contributed by atoms with E-state index in [1.54, 1.807) is 0 Å². The average molecular weight is 230 g/mol. The van der Waals surface area contributed by atoms with Crippen LogP contribution in [0.4, 0.5) is 0 Å². The van der Waals surface area contributed by atoms with Gasteiger partial charge in [0.05, 0.1) is 13.2 Å². The second-order valence-electron chi connectivity index (χ2n) is 2.43. The van der Waals surface area contributed by atoms with Crippen LogP contribution in [0.1, 0.15) is 13.8 Å². The van der Waals surface area contributed by atoms with E-state index in [0.717, 1.165) is 0 Å². The van der Waals surface area contributed by atoms with Crippen molar-refractivity contribution < 1.29 is 33.4 Å². The Morgan fingerprint density at radius 3 is 1.25 bits per heavy atom. The number of hydrogen-bond donors (Lipinski definition) is 0.